The number of ether oxygens (including phenoxy) is 2. The van der Waals surface area contributed by atoms with Gasteiger partial charge in [-0.2, -0.15) is 0 Å². The van der Waals surface area contributed by atoms with Crippen molar-refractivity contribution in [2.24, 2.45) is 11.8 Å². The van der Waals surface area contributed by atoms with Gasteiger partial charge in [0.1, 0.15) is 17.4 Å². The number of hydrogen-bond acceptors (Lipinski definition) is 6. The Labute approximate surface area is 249 Å². The first-order valence-corrected chi connectivity index (χ1v) is 14.6. The van der Waals surface area contributed by atoms with Gasteiger partial charge < -0.3 is 29.3 Å². The molecular formula is C32H34ClN3O6. The largest absolute Gasteiger partial charge is 0.494 e. The highest BCUT2D eigenvalue weighted by Crippen LogP contribution is 2.58. The smallest absolute Gasteiger partial charge is 0.253 e. The third-order valence-electron chi connectivity index (χ3n) is 8.83. The van der Waals surface area contributed by atoms with E-state index in [0.29, 0.717) is 35.3 Å². The molecule has 0 radical (unpaired) electrons. The third kappa shape index (κ3) is 4.25. The van der Waals surface area contributed by atoms with Crippen molar-refractivity contribution in [1.29, 1.82) is 0 Å². The number of carbonyl (C=O) groups excluding carboxylic acids is 3. The molecule has 6 rings (SSSR count). The highest BCUT2D eigenvalue weighted by molar-refractivity contribution is 6.30. The van der Waals surface area contributed by atoms with E-state index in [9.17, 15) is 19.5 Å². The van der Waals surface area contributed by atoms with Gasteiger partial charge in [0.2, 0.25) is 11.8 Å². The second-order valence-electron chi connectivity index (χ2n) is 11.4. The van der Waals surface area contributed by atoms with Crippen LogP contribution in [0.3, 0.4) is 0 Å². The van der Waals surface area contributed by atoms with Gasteiger partial charge in [-0.3, -0.25) is 14.4 Å². The van der Waals surface area contributed by atoms with Crippen molar-refractivity contribution in [3.8, 4) is 5.75 Å². The Morgan fingerprint density at radius 1 is 0.929 bits per heavy atom. The van der Waals surface area contributed by atoms with Crippen molar-refractivity contribution >= 4 is 40.7 Å². The normalized spacial score (nSPS) is 31.0. The fraction of sp³-hybridized carbons (Fsp3) is 0.406. The minimum atomic E-state index is -1.42. The van der Waals surface area contributed by atoms with Crippen LogP contribution in [-0.2, 0) is 19.1 Å². The zero-order valence-electron chi connectivity index (χ0n) is 23.8. The number of fused-ring (bicyclic) bond motifs is 2. The van der Waals surface area contributed by atoms with E-state index in [1.54, 1.807) is 47.1 Å². The molecular weight excluding hydrogens is 558 g/mol. The molecule has 0 bridgehead atoms. The molecule has 10 heteroatoms. The summed E-state index contributed by atoms with van der Waals surface area (Å²) < 4.78 is 12.4. The molecule has 1 spiro atoms. The molecule has 1 N–H and O–H groups in total. The molecule has 2 aromatic rings. The van der Waals surface area contributed by atoms with Gasteiger partial charge in [-0.25, -0.2) is 0 Å². The van der Waals surface area contributed by atoms with Crippen LogP contribution in [0.4, 0.5) is 11.4 Å². The van der Waals surface area contributed by atoms with E-state index in [2.05, 4.69) is 0 Å². The van der Waals surface area contributed by atoms with Crippen LogP contribution in [0.15, 0.2) is 72.8 Å². The summed E-state index contributed by atoms with van der Waals surface area (Å²) in [6, 6.07) is 12.4. The summed E-state index contributed by atoms with van der Waals surface area (Å²) in [5.74, 6) is -2.19. The number of halogens is 1. The SMILES string of the molecule is CCOc1ccc(N2CC=C[C@]3(C)O[C@]45C=CCN(c6ccc(Cl)cc6)C(=O)C4N([C@H](C)CO)C(=O)[C@@H]5[C@@H]3C2=O)cc1. The van der Waals surface area contributed by atoms with Crippen molar-refractivity contribution in [1.82, 2.24) is 4.90 Å². The molecule has 2 aromatic carbocycles. The highest BCUT2D eigenvalue weighted by Gasteiger charge is 2.75. The number of anilines is 2. The predicted octanol–water partition coefficient (Wildman–Crippen LogP) is 3.60. The van der Waals surface area contributed by atoms with E-state index in [-0.39, 0.29) is 30.9 Å². The van der Waals surface area contributed by atoms with E-state index in [4.69, 9.17) is 21.1 Å². The Morgan fingerprint density at radius 2 is 1.52 bits per heavy atom. The first-order chi connectivity index (χ1) is 20.1. The van der Waals surface area contributed by atoms with Crippen molar-refractivity contribution < 1.29 is 29.0 Å². The van der Waals surface area contributed by atoms with Crippen LogP contribution in [0.5, 0.6) is 5.75 Å². The number of carbonyl (C=O) groups is 3. The molecule has 3 amide bonds. The fourth-order valence-corrected chi connectivity index (χ4v) is 7.12. The van der Waals surface area contributed by atoms with Crippen molar-refractivity contribution in [2.75, 3.05) is 36.1 Å². The lowest BCUT2D eigenvalue weighted by molar-refractivity contribution is -0.147. The van der Waals surface area contributed by atoms with Crippen LogP contribution in [0.2, 0.25) is 5.02 Å². The third-order valence-corrected chi connectivity index (χ3v) is 9.08. The van der Waals surface area contributed by atoms with E-state index in [1.165, 1.54) is 4.90 Å². The first kappa shape index (κ1) is 28.5. The van der Waals surface area contributed by atoms with Crippen LogP contribution >= 0.6 is 11.6 Å². The summed E-state index contributed by atoms with van der Waals surface area (Å²) in [6.45, 7) is 6.13. The lowest BCUT2D eigenvalue weighted by Gasteiger charge is -2.39. The van der Waals surface area contributed by atoms with Crippen molar-refractivity contribution in [2.45, 2.75) is 44.1 Å². The van der Waals surface area contributed by atoms with Gasteiger partial charge in [-0.1, -0.05) is 35.9 Å². The number of nitrogens with zero attached hydrogens (tertiary/aromatic N) is 3. The second-order valence-corrected chi connectivity index (χ2v) is 11.8. The molecule has 4 heterocycles. The Kier molecular flexibility index (Phi) is 7.15. The molecule has 4 aliphatic heterocycles. The predicted molar refractivity (Wildman–Crippen MR) is 158 cm³/mol. The molecule has 9 nitrogen and oxygen atoms in total. The maximum Gasteiger partial charge on any atom is 0.253 e. The van der Waals surface area contributed by atoms with Crippen LogP contribution in [0.1, 0.15) is 20.8 Å². The maximum atomic E-state index is 14.5. The van der Waals surface area contributed by atoms with Gasteiger partial charge >= 0.3 is 0 Å². The van der Waals surface area contributed by atoms with E-state index in [0.717, 1.165) is 0 Å². The molecule has 0 saturated carbocycles. The highest BCUT2D eigenvalue weighted by atomic mass is 35.5. The molecule has 1 unspecified atom stereocenters. The number of hydrogen-bond donors (Lipinski definition) is 1. The summed E-state index contributed by atoms with van der Waals surface area (Å²) in [5, 5.41) is 10.7. The number of benzene rings is 2. The molecule has 2 fully saturated rings. The number of likely N-dealkylation sites (tertiary alicyclic amines) is 1. The van der Waals surface area contributed by atoms with Gasteiger partial charge in [-0.15, -0.1) is 0 Å². The first-order valence-electron chi connectivity index (χ1n) is 14.2. The Hall–Kier alpha value is -3.66. The fourth-order valence-electron chi connectivity index (χ4n) is 7.00. The van der Waals surface area contributed by atoms with Crippen LogP contribution < -0.4 is 14.5 Å². The van der Waals surface area contributed by atoms with Gasteiger partial charge in [0.15, 0.2) is 0 Å². The minimum absolute atomic E-state index is 0.244. The van der Waals surface area contributed by atoms with Crippen LogP contribution in [0.25, 0.3) is 0 Å². The standard InChI is InChI=1S/C32H34ClN3O6/c1-4-41-24-13-11-23(12-14-24)34-17-5-15-31(3)25(28(34)38)26-29(39)36(20(2)19-37)27-30(40)35(18-6-16-32(26,27)42-31)22-9-7-21(33)8-10-22/h5-16,20,25-27,37H,4,17-19H2,1-3H3/t20-,25-,26+,27?,31+,32+/m1/s1. The number of amides is 3. The quantitative estimate of drug-likeness (QED) is 0.516. The maximum absolute atomic E-state index is 14.5. The molecule has 2 saturated heterocycles. The summed E-state index contributed by atoms with van der Waals surface area (Å²) in [6.07, 6.45) is 7.34. The zero-order valence-corrected chi connectivity index (χ0v) is 24.5. The Bertz CT molecular complexity index is 1460. The molecule has 4 aliphatic rings. The van der Waals surface area contributed by atoms with E-state index >= 15 is 0 Å². The molecule has 0 aliphatic carbocycles. The summed E-state index contributed by atoms with van der Waals surface area (Å²) in [5.41, 5.74) is -1.28. The average Bonchev–Trinajstić information content (AvgIpc) is 3.25. The zero-order chi connectivity index (χ0) is 29.8. The van der Waals surface area contributed by atoms with Gasteiger partial charge in [0, 0.05) is 29.5 Å². The topological polar surface area (TPSA) is 99.6 Å². The van der Waals surface area contributed by atoms with Crippen molar-refractivity contribution in [3.05, 3.63) is 77.9 Å². The van der Waals surface area contributed by atoms with E-state index < -0.39 is 35.1 Å². The molecule has 6 atom stereocenters. The monoisotopic (exact) mass is 591 g/mol. The second kappa shape index (κ2) is 10.6. The summed E-state index contributed by atoms with van der Waals surface area (Å²) in [4.78, 5) is 48.0. The number of rotatable bonds is 6. The lowest BCUT2D eigenvalue weighted by atomic mass is 9.74. The van der Waals surface area contributed by atoms with Crippen molar-refractivity contribution in [3.63, 3.8) is 0 Å². The average molecular weight is 592 g/mol. The van der Waals surface area contributed by atoms with Crippen LogP contribution in [-0.4, -0.2) is 77.3 Å². The summed E-state index contributed by atoms with van der Waals surface area (Å²) in [7, 11) is 0. The molecule has 0 aromatic heterocycles. The Morgan fingerprint density at radius 3 is 2.14 bits per heavy atom. The van der Waals surface area contributed by atoms with Gasteiger partial charge in [-0.05, 0) is 69.3 Å². The molecule has 42 heavy (non-hydrogen) atoms. The lowest BCUT2D eigenvalue weighted by Crippen LogP contribution is -2.58. The van der Waals surface area contributed by atoms with Gasteiger partial charge in [0.25, 0.3) is 5.91 Å². The minimum Gasteiger partial charge on any atom is -0.494 e. The number of aliphatic hydroxyl groups excluding tert-OH is 1. The Balaban J connectivity index is 1.44. The molecule has 220 valence electrons. The van der Waals surface area contributed by atoms with Gasteiger partial charge in [0.05, 0.1) is 36.7 Å². The summed E-state index contributed by atoms with van der Waals surface area (Å²) >= 11 is 6.11. The van der Waals surface area contributed by atoms with E-state index in [1.807, 2.05) is 56.3 Å². The van der Waals surface area contributed by atoms with Crippen LogP contribution in [0, 0.1) is 11.8 Å². The number of aliphatic hydroxyl groups is 1.